The fraction of sp³-hybridized carbons (Fsp3) is 0.647. The normalized spacial score (nSPS) is 37.2. The minimum absolute atomic E-state index is 0.158. The van der Waals surface area contributed by atoms with Crippen LogP contribution in [0.3, 0.4) is 0 Å². The average Bonchev–Trinajstić information content (AvgIpc) is 3.02. The zero-order valence-corrected chi connectivity index (χ0v) is 14.1. The van der Waals surface area contributed by atoms with E-state index in [1.54, 1.807) is 0 Å². The van der Waals surface area contributed by atoms with Gasteiger partial charge in [0, 0.05) is 29.1 Å². The molecule has 0 radical (unpaired) electrons. The van der Waals surface area contributed by atoms with Gasteiger partial charge in [-0.3, -0.25) is 4.90 Å². The lowest BCUT2D eigenvalue weighted by Gasteiger charge is -2.41. The smallest absolute Gasteiger partial charge is 0.137 e. The maximum atomic E-state index is 6.06. The van der Waals surface area contributed by atoms with Gasteiger partial charge < -0.3 is 9.64 Å². The summed E-state index contributed by atoms with van der Waals surface area (Å²) in [6, 6.07) is 10.9. The van der Waals surface area contributed by atoms with Crippen molar-refractivity contribution >= 4 is 15.9 Å². The fourth-order valence-electron chi connectivity index (χ4n) is 4.43. The zero-order valence-electron chi connectivity index (χ0n) is 12.5. The number of hydrogen-bond donors (Lipinski definition) is 0. The Labute approximate surface area is 135 Å². The van der Waals surface area contributed by atoms with Gasteiger partial charge in [-0.15, -0.1) is 0 Å². The summed E-state index contributed by atoms with van der Waals surface area (Å²) in [7, 11) is 2.31. The molecule has 4 heteroatoms. The molecule has 3 saturated heterocycles. The van der Waals surface area contributed by atoms with Gasteiger partial charge in [0.05, 0.1) is 6.61 Å². The topological polar surface area (TPSA) is 15.7 Å². The molecule has 0 spiro atoms. The number of rotatable bonds is 2. The van der Waals surface area contributed by atoms with Gasteiger partial charge >= 0.3 is 0 Å². The minimum Gasteiger partial charge on any atom is -0.358 e. The molecule has 0 unspecified atom stereocenters. The zero-order chi connectivity index (χ0) is 14.4. The average molecular weight is 351 g/mol. The predicted molar refractivity (Wildman–Crippen MR) is 87.1 cm³/mol. The predicted octanol–water partition coefficient (Wildman–Crippen LogP) is 3.41. The number of halogens is 1. The molecule has 0 N–H and O–H groups in total. The van der Waals surface area contributed by atoms with Crippen LogP contribution in [0.5, 0.6) is 0 Å². The molecule has 3 nitrogen and oxygen atoms in total. The molecule has 0 amide bonds. The lowest BCUT2D eigenvalue weighted by molar-refractivity contribution is -0.0145. The van der Waals surface area contributed by atoms with E-state index in [0.717, 1.165) is 29.7 Å². The second-order valence-corrected chi connectivity index (χ2v) is 7.60. The van der Waals surface area contributed by atoms with E-state index in [1.807, 2.05) is 0 Å². The molecule has 0 aliphatic carbocycles. The standard InChI is InChI=1S/C17H23BrN2O/c1-19-14-6-7-15(19)11-16(10-14)20-8-9-21-17(20)12-2-4-13(18)5-3-12/h2-5,14-17H,6-11H2,1H3/t14-,15-,17+/m0/s1. The van der Waals surface area contributed by atoms with Gasteiger partial charge in [-0.1, -0.05) is 28.1 Å². The molecular formula is C17H23BrN2O. The highest BCUT2D eigenvalue weighted by Crippen LogP contribution is 2.40. The van der Waals surface area contributed by atoms with Crippen molar-refractivity contribution < 1.29 is 4.74 Å². The van der Waals surface area contributed by atoms with Gasteiger partial charge in [0.25, 0.3) is 0 Å². The molecule has 114 valence electrons. The van der Waals surface area contributed by atoms with Gasteiger partial charge in [0.1, 0.15) is 6.23 Å². The molecule has 1 aromatic rings. The summed E-state index contributed by atoms with van der Waals surface area (Å²) in [5, 5.41) is 0. The molecule has 3 aliphatic heterocycles. The van der Waals surface area contributed by atoms with Crippen molar-refractivity contribution in [2.75, 3.05) is 20.2 Å². The van der Waals surface area contributed by atoms with Crippen molar-refractivity contribution in [3.8, 4) is 0 Å². The first-order valence-corrected chi connectivity index (χ1v) is 8.86. The second kappa shape index (κ2) is 5.65. The Hall–Kier alpha value is -0.420. The van der Waals surface area contributed by atoms with Crippen LogP contribution in [0.4, 0.5) is 0 Å². The van der Waals surface area contributed by atoms with E-state index in [9.17, 15) is 0 Å². The van der Waals surface area contributed by atoms with Crippen molar-refractivity contribution in [2.45, 2.75) is 50.0 Å². The molecule has 3 atom stereocenters. The number of ether oxygens (including phenoxy) is 1. The number of benzene rings is 1. The summed E-state index contributed by atoms with van der Waals surface area (Å²) in [5.41, 5.74) is 1.29. The van der Waals surface area contributed by atoms with Crippen LogP contribution in [0.2, 0.25) is 0 Å². The summed E-state index contributed by atoms with van der Waals surface area (Å²) in [6.07, 6.45) is 5.54. The molecule has 0 aromatic heterocycles. The third-order valence-electron chi connectivity index (χ3n) is 5.62. The van der Waals surface area contributed by atoms with E-state index in [4.69, 9.17) is 4.74 Å². The van der Waals surface area contributed by atoms with Crippen LogP contribution in [0, 0.1) is 0 Å². The summed E-state index contributed by atoms with van der Waals surface area (Å²) < 4.78 is 7.19. The molecule has 3 fully saturated rings. The monoisotopic (exact) mass is 350 g/mol. The molecule has 3 aliphatic rings. The third kappa shape index (κ3) is 2.56. The molecular weight excluding hydrogens is 328 g/mol. The second-order valence-electron chi connectivity index (χ2n) is 6.69. The SMILES string of the molecule is CN1[C@H]2CC[C@H]1CC(N1CCO[C@@H]1c1ccc(Br)cc1)C2. The Morgan fingerprint density at radius 2 is 1.71 bits per heavy atom. The van der Waals surface area contributed by atoms with Crippen molar-refractivity contribution in [3.63, 3.8) is 0 Å². The first-order valence-electron chi connectivity index (χ1n) is 8.07. The minimum atomic E-state index is 0.158. The molecule has 1 aromatic carbocycles. The van der Waals surface area contributed by atoms with E-state index in [2.05, 4.69) is 57.0 Å². The van der Waals surface area contributed by atoms with Crippen molar-refractivity contribution in [1.82, 2.24) is 9.80 Å². The van der Waals surface area contributed by atoms with Gasteiger partial charge in [-0.05, 0) is 50.4 Å². The van der Waals surface area contributed by atoms with Crippen LogP contribution in [0.1, 0.15) is 37.5 Å². The highest BCUT2D eigenvalue weighted by atomic mass is 79.9. The van der Waals surface area contributed by atoms with Gasteiger partial charge in [-0.25, -0.2) is 0 Å². The highest BCUT2D eigenvalue weighted by Gasteiger charge is 2.43. The van der Waals surface area contributed by atoms with Crippen LogP contribution in [-0.4, -0.2) is 48.1 Å². The van der Waals surface area contributed by atoms with Crippen LogP contribution in [0.25, 0.3) is 0 Å². The highest BCUT2D eigenvalue weighted by molar-refractivity contribution is 9.10. The van der Waals surface area contributed by atoms with E-state index in [0.29, 0.717) is 6.04 Å². The fourth-order valence-corrected chi connectivity index (χ4v) is 4.69. The van der Waals surface area contributed by atoms with Crippen LogP contribution in [-0.2, 0) is 4.74 Å². The van der Waals surface area contributed by atoms with Gasteiger partial charge in [0.2, 0.25) is 0 Å². The largest absolute Gasteiger partial charge is 0.358 e. The number of fused-ring (bicyclic) bond motifs is 2. The third-order valence-corrected chi connectivity index (χ3v) is 6.15. The summed E-state index contributed by atoms with van der Waals surface area (Å²) in [4.78, 5) is 5.23. The van der Waals surface area contributed by atoms with Crippen molar-refractivity contribution in [1.29, 1.82) is 0 Å². The Morgan fingerprint density at radius 1 is 1.05 bits per heavy atom. The van der Waals surface area contributed by atoms with Gasteiger partial charge in [0.15, 0.2) is 0 Å². The Bertz CT molecular complexity index is 492. The molecule has 0 saturated carbocycles. The molecule has 3 heterocycles. The number of hydrogen-bond acceptors (Lipinski definition) is 3. The quantitative estimate of drug-likeness (QED) is 0.812. The number of nitrogens with zero attached hydrogens (tertiary/aromatic N) is 2. The summed E-state index contributed by atoms with van der Waals surface area (Å²) in [5.74, 6) is 0. The van der Waals surface area contributed by atoms with Crippen LogP contribution < -0.4 is 0 Å². The Kier molecular flexibility index (Phi) is 3.82. The van der Waals surface area contributed by atoms with Crippen molar-refractivity contribution in [2.24, 2.45) is 0 Å². The lowest BCUT2D eigenvalue weighted by atomic mass is 9.96. The van der Waals surface area contributed by atoms with Crippen LogP contribution in [0.15, 0.2) is 28.7 Å². The Balaban J connectivity index is 1.53. The summed E-state index contributed by atoms with van der Waals surface area (Å²) >= 11 is 3.52. The molecule has 4 rings (SSSR count). The molecule has 21 heavy (non-hydrogen) atoms. The van der Waals surface area contributed by atoms with E-state index in [1.165, 1.54) is 31.2 Å². The van der Waals surface area contributed by atoms with E-state index >= 15 is 0 Å². The van der Waals surface area contributed by atoms with E-state index < -0.39 is 0 Å². The first-order chi connectivity index (χ1) is 10.2. The van der Waals surface area contributed by atoms with Crippen molar-refractivity contribution in [3.05, 3.63) is 34.3 Å². The molecule has 2 bridgehead atoms. The number of piperidine rings is 1. The Morgan fingerprint density at radius 3 is 2.38 bits per heavy atom. The van der Waals surface area contributed by atoms with E-state index in [-0.39, 0.29) is 6.23 Å². The maximum absolute atomic E-state index is 6.06. The lowest BCUT2D eigenvalue weighted by Crippen LogP contribution is -2.48. The van der Waals surface area contributed by atoms with Gasteiger partial charge in [-0.2, -0.15) is 0 Å². The summed E-state index contributed by atoms with van der Waals surface area (Å²) in [6.45, 7) is 1.94. The maximum Gasteiger partial charge on any atom is 0.137 e. The van der Waals surface area contributed by atoms with Crippen LogP contribution >= 0.6 is 15.9 Å². The first kappa shape index (κ1) is 14.2.